The van der Waals surface area contributed by atoms with Crippen LogP contribution >= 0.6 is 11.3 Å². The van der Waals surface area contributed by atoms with Crippen molar-refractivity contribution in [1.82, 2.24) is 0 Å². The Bertz CT molecular complexity index is 949. The van der Waals surface area contributed by atoms with Crippen molar-refractivity contribution < 1.29 is 23.9 Å². The third-order valence-electron chi connectivity index (χ3n) is 4.35. The molecule has 1 heterocycles. The molecule has 0 bridgehead atoms. The van der Waals surface area contributed by atoms with Crippen molar-refractivity contribution in [1.29, 1.82) is 0 Å². The van der Waals surface area contributed by atoms with E-state index >= 15 is 0 Å². The second-order valence-corrected chi connectivity index (χ2v) is 8.46. The van der Waals surface area contributed by atoms with Gasteiger partial charge in [0.2, 0.25) is 5.91 Å². The van der Waals surface area contributed by atoms with Crippen LogP contribution in [0.3, 0.4) is 0 Å². The summed E-state index contributed by atoms with van der Waals surface area (Å²) >= 11 is 0.976. The van der Waals surface area contributed by atoms with Gasteiger partial charge in [0.15, 0.2) is 0 Å². The predicted octanol–water partition coefficient (Wildman–Crippen LogP) is 4.58. The van der Waals surface area contributed by atoms with Crippen LogP contribution in [0.2, 0.25) is 0 Å². The summed E-state index contributed by atoms with van der Waals surface area (Å²) in [6, 6.07) is 7.93. The van der Waals surface area contributed by atoms with Crippen molar-refractivity contribution >= 4 is 40.3 Å². The molecule has 2 rings (SSSR count). The summed E-state index contributed by atoms with van der Waals surface area (Å²) in [5, 5.41) is 2.90. The molecule has 7 heteroatoms. The largest absolute Gasteiger partial charge is 0.465 e. The second kappa shape index (κ2) is 9.05. The molecule has 29 heavy (non-hydrogen) atoms. The minimum Gasteiger partial charge on any atom is -0.465 e. The molecule has 0 saturated carbocycles. The predicted molar refractivity (Wildman–Crippen MR) is 115 cm³/mol. The quantitative estimate of drug-likeness (QED) is 0.571. The maximum absolute atomic E-state index is 12.4. The van der Waals surface area contributed by atoms with Crippen molar-refractivity contribution in [2.75, 3.05) is 19.5 Å². The highest BCUT2D eigenvalue weighted by Gasteiger charge is 2.26. The van der Waals surface area contributed by atoms with E-state index in [0.29, 0.717) is 5.56 Å². The van der Waals surface area contributed by atoms with Crippen LogP contribution < -0.4 is 5.32 Å². The molecule has 154 valence electrons. The first-order chi connectivity index (χ1) is 13.6. The van der Waals surface area contributed by atoms with Crippen molar-refractivity contribution in [2.24, 2.45) is 0 Å². The van der Waals surface area contributed by atoms with Gasteiger partial charge in [0, 0.05) is 6.08 Å². The summed E-state index contributed by atoms with van der Waals surface area (Å²) in [6.07, 6.45) is 3.06. The zero-order valence-electron chi connectivity index (χ0n) is 17.4. The molecule has 1 aromatic heterocycles. The molecule has 0 aliphatic carbocycles. The van der Waals surface area contributed by atoms with Gasteiger partial charge in [-0.3, -0.25) is 4.79 Å². The van der Waals surface area contributed by atoms with Crippen LogP contribution in [0.25, 0.3) is 6.08 Å². The lowest BCUT2D eigenvalue weighted by Gasteiger charge is -2.18. The van der Waals surface area contributed by atoms with Gasteiger partial charge in [0.1, 0.15) is 9.88 Å². The zero-order chi connectivity index (χ0) is 21.8. The SMILES string of the molecule is COC(=O)c1sc(NC(=O)/C=C/c2ccc(C(C)(C)C)cc2)c(C(=O)OC)c1C. The van der Waals surface area contributed by atoms with E-state index in [2.05, 4.69) is 26.1 Å². The first kappa shape index (κ1) is 22.4. The number of hydrogen-bond donors (Lipinski definition) is 1. The Morgan fingerprint density at radius 3 is 2.10 bits per heavy atom. The summed E-state index contributed by atoms with van der Waals surface area (Å²) in [6.45, 7) is 8.01. The molecule has 0 unspecified atom stereocenters. The van der Waals surface area contributed by atoms with E-state index in [-0.39, 0.29) is 20.9 Å². The molecular weight excluding hydrogens is 390 g/mol. The van der Waals surface area contributed by atoms with Crippen LogP contribution in [0.15, 0.2) is 30.3 Å². The first-order valence-electron chi connectivity index (χ1n) is 8.98. The van der Waals surface area contributed by atoms with Gasteiger partial charge in [-0.2, -0.15) is 0 Å². The van der Waals surface area contributed by atoms with E-state index in [4.69, 9.17) is 9.47 Å². The number of carbonyl (C=O) groups excluding carboxylic acids is 3. The molecule has 6 nitrogen and oxygen atoms in total. The second-order valence-electron chi connectivity index (χ2n) is 7.44. The lowest BCUT2D eigenvalue weighted by molar-refractivity contribution is -0.111. The monoisotopic (exact) mass is 415 g/mol. The highest BCUT2D eigenvalue weighted by Crippen LogP contribution is 2.34. The average Bonchev–Trinajstić information content (AvgIpc) is 3.00. The Balaban J connectivity index is 2.22. The van der Waals surface area contributed by atoms with E-state index in [9.17, 15) is 14.4 Å². The Labute approximate surface area is 174 Å². The molecule has 1 amide bonds. The molecule has 0 fully saturated rings. The van der Waals surface area contributed by atoms with Crippen molar-refractivity contribution in [3.05, 3.63) is 57.5 Å². The highest BCUT2D eigenvalue weighted by molar-refractivity contribution is 7.18. The van der Waals surface area contributed by atoms with Crippen molar-refractivity contribution in [3.8, 4) is 0 Å². The summed E-state index contributed by atoms with van der Waals surface area (Å²) in [4.78, 5) is 36.6. The number of benzene rings is 1. The topological polar surface area (TPSA) is 81.7 Å². The molecule has 0 aliphatic rings. The molecule has 0 spiro atoms. The number of rotatable bonds is 5. The molecule has 0 saturated heterocycles. The van der Waals surface area contributed by atoms with Crippen LogP contribution in [-0.4, -0.2) is 32.1 Å². The fourth-order valence-electron chi connectivity index (χ4n) is 2.66. The van der Waals surface area contributed by atoms with Crippen LogP contribution in [0, 0.1) is 6.92 Å². The number of nitrogens with one attached hydrogen (secondary N) is 1. The van der Waals surface area contributed by atoms with Crippen LogP contribution in [0.4, 0.5) is 5.00 Å². The molecule has 0 atom stereocenters. The smallest absolute Gasteiger partial charge is 0.348 e. The van der Waals surface area contributed by atoms with E-state index in [1.807, 2.05) is 24.3 Å². The maximum Gasteiger partial charge on any atom is 0.348 e. The third-order valence-corrected chi connectivity index (χ3v) is 5.53. The molecule has 0 radical (unpaired) electrons. The van der Waals surface area contributed by atoms with Gasteiger partial charge in [0.25, 0.3) is 0 Å². The van der Waals surface area contributed by atoms with E-state index in [1.54, 1.807) is 13.0 Å². The Hall–Kier alpha value is -2.93. The third kappa shape index (κ3) is 5.32. The summed E-state index contributed by atoms with van der Waals surface area (Å²) < 4.78 is 9.52. The number of methoxy groups -OCH3 is 2. The van der Waals surface area contributed by atoms with Gasteiger partial charge in [-0.05, 0) is 35.1 Å². The molecule has 0 aliphatic heterocycles. The van der Waals surface area contributed by atoms with Crippen LogP contribution in [0.1, 0.15) is 57.5 Å². The molecular formula is C22H25NO5S. The number of esters is 2. The van der Waals surface area contributed by atoms with E-state index in [1.165, 1.54) is 25.9 Å². The molecule has 1 aromatic carbocycles. The summed E-state index contributed by atoms with van der Waals surface area (Å²) in [5.74, 6) is -1.63. The lowest BCUT2D eigenvalue weighted by Crippen LogP contribution is -2.12. The number of anilines is 1. The number of carbonyl (C=O) groups is 3. The molecule has 1 N–H and O–H groups in total. The van der Waals surface area contributed by atoms with Crippen LogP contribution in [-0.2, 0) is 19.7 Å². The van der Waals surface area contributed by atoms with Gasteiger partial charge >= 0.3 is 11.9 Å². The van der Waals surface area contributed by atoms with Gasteiger partial charge < -0.3 is 14.8 Å². The van der Waals surface area contributed by atoms with Gasteiger partial charge in [0.05, 0.1) is 19.8 Å². The van der Waals surface area contributed by atoms with Crippen molar-refractivity contribution in [2.45, 2.75) is 33.1 Å². The number of amides is 1. The molecule has 2 aromatic rings. The van der Waals surface area contributed by atoms with E-state index < -0.39 is 17.8 Å². The summed E-state index contributed by atoms with van der Waals surface area (Å²) in [7, 11) is 2.50. The first-order valence-corrected chi connectivity index (χ1v) is 9.79. The minimum atomic E-state index is -0.633. The fraction of sp³-hybridized carbons (Fsp3) is 0.318. The van der Waals surface area contributed by atoms with Gasteiger partial charge in [-0.15, -0.1) is 11.3 Å². The van der Waals surface area contributed by atoms with Crippen LogP contribution in [0.5, 0.6) is 0 Å². The maximum atomic E-state index is 12.4. The number of hydrogen-bond acceptors (Lipinski definition) is 6. The van der Waals surface area contributed by atoms with E-state index in [0.717, 1.165) is 16.9 Å². The van der Waals surface area contributed by atoms with Crippen molar-refractivity contribution in [3.63, 3.8) is 0 Å². The Morgan fingerprint density at radius 1 is 1.00 bits per heavy atom. The average molecular weight is 416 g/mol. The fourth-order valence-corrected chi connectivity index (χ4v) is 3.77. The number of thiophene rings is 1. The number of ether oxygens (including phenoxy) is 2. The Kier molecular flexibility index (Phi) is 6.97. The summed E-state index contributed by atoms with van der Waals surface area (Å²) in [5.41, 5.74) is 2.68. The minimum absolute atomic E-state index is 0.0539. The lowest BCUT2D eigenvalue weighted by atomic mass is 9.87. The zero-order valence-corrected chi connectivity index (χ0v) is 18.2. The Morgan fingerprint density at radius 2 is 1.59 bits per heavy atom. The van der Waals surface area contributed by atoms with Gasteiger partial charge in [-0.1, -0.05) is 45.0 Å². The van der Waals surface area contributed by atoms with Gasteiger partial charge in [-0.25, -0.2) is 9.59 Å². The highest BCUT2D eigenvalue weighted by atomic mass is 32.1. The standard InChI is InChI=1S/C22H25NO5S/c1-13-17(20(25)27-5)19(29-18(13)21(26)28-6)23-16(24)12-9-14-7-10-15(11-8-14)22(2,3)4/h7-12H,1-6H3,(H,23,24)/b12-9+. The normalized spacial score (nSPS) is 11.4.